The van der Waals surface area contributed by atoms with E-state index in [1.54, 1.807) is 24.3 Å². The number of carbonyl (C=O) groups excluding carboxylic acids is 2. The van der Waals surface area contributed by atoms with Crippen LogP contribution in [0.2, 0.25) is 0 Å². The number of fused-ring (bicyclic) bond motifs is 2. The quantitative estimate of drug-likeness (QED) is 0.891. The van der Waals surface area contributed by atoms with Crippen LogP contribution in [0.4, 0.5) is 0 Å². The number of aromatic nitrogens is 2. The largest absolute Gasteiger partial charge is 0.364 e. The van der Waals surface area contributed by atoms with Gasteiger partial charge in [0.05, 0.1) is 5.39 Å². The Labute approximate surface area is 157 Å². The number of primary amides is 1. The van der Waals surface area contributed by atoms with E-state index in [2.05, 4.69) is 5.10 Å². The van der Waals surface area contributed by atoms with E-state index in [-0.39, 0.29) is 29.7 Å². The Morgan fingerprint density at radius 2 is 1.78 bits per heavy atom. The summed E-state index contributed by atoms with van der Waals surface area (Å²) in [5.74, 6) is -0.247. The number of benzene rings is 1. The van der Waals surface area contributed by atoms with Crippen molar-refractivity contribution in [3.8, 4) is 0 Å². The molecule has 2 heterocycles. The first-order chi connectivity index (χ1) is 13.1. The normalized spacial score (nSPS) is 22.4. The summed E-state index contributed by atoms with van der Waals surface area (Å²) in [7, 11) is 0. The lowest BCUT2D eigenvalue weighted by atomic mass is 9.78. The number of nitrogens with zero attached hydrogens (tertiary/aromatic N) is 3. The first-order valence-electron chi connectivity index (χ1n) is 9.65. The lowest BCUT2D eigenvalue weighted by Crippen LogP contribution is -2.51. The highest BCUT2D eigenvalue weighted by Gasteiger charge is 2.35. The Morgan fingerprint density at radius 1 is 1.07 bits per heavy atom. The molecule has 1 aliphatic heterocycles. The molecule has 2 fully saturated rings. The maximum atomic E-state index is 13.0. The van der Waals surface area contributed by atoms with E-state index in [1.807, 2.05) is 4.90 Å². The lowest BCUT2D eigenvalue weighted by molar-refractivity contribution is -0.138. The van der Waals surface area contributed by atoms with E-state index in [9.17, 15) is 14.4 Å². The monoisotopic (exact) mass is 368 g/mol. The molecule has 7 heteroatoms. The number of nitrogens with two attached hydrogens (primary N) is 1. The van der Waals surface area contributed by atoms with Crippen molar-refractivity contribution in [2.75, 3.05) is 6.54 Å². The van der Waals surface area contributed by atoms with Gasteiger partial charge in [-0.15, -0.1) is 0 Å². The van der Waals surface area contributed by atoms with Crippen molar-refractivity contribution < 1.29 is 9.59 Å². The summed E-state index contributed by atoms with van der Waals surface area (Å²) in [5.41, 5.74) is 5.09. The minimum Gasteiger partial charge on any atom is -0.364 e. The molecule has 2 atom stereocenters. The Hall–Kier alpha value is -2.70. The van der Waals surface area contributed by atoms with Crippen molar-refractivity contribution in [1.82, 2.24) is 14.7 Å². The molecule has 0 radical (unpaired) electrons. The SMILES string of the molecule is NC(=O)c1nn(CC(=O)N2CCC[C@H]3CCCC[C@@H]32)c(=O)c2ccccc12. The highest BCUT2D eigenvalue weighted by Crippen LogP contribution is 2.35. The van der Waals surface area contributed by atoms with Crippen LogP contribution in [-0.4, -0.2) is 39.1 Å². The van der Waals surface area contributed by atoms with E-state index in [0.717, 1.165) is 30.5 Å². The highest BCUT2D eigenvalue weighted by atomic mass is 16.2. The van der Waals surface area contributed by atoms with E-state index in [1.165, 1.54) is 19.3 Å². The minimum absolute atomic E-state index is 0.0205. The van der Waals surface area contributed by atoms with Gasteiger partial charge in [-0.05, 0) is 37.7 Å². The van der Waals surface area contributed by atoms with Crippen molar-refractivity contribution in [1.29, 1.82) is 0 Å². The van der Waals surface area contributed by atoms with E-state index < -0.39 is 5.91 Å². The lowest BCUT2D eigenvalue weighted by Gasteiger charge is -2.44. The first kappa shape index (κ1) is 17.7. The average Bonchev–Trinajstić information content (AvgIpc) is 2.69. The molecular weight excluding hydrogens is 344 g/mol. The minimum atomic E-state index is -0.710. The second-order valence-electron chi connectivity index (χ2n) is 7.56. The van der Waals surface area contributed by atoms with Gasteiger partial charge in [0.1, 0.15) is 6.54 Å². The summed E-state index contributed by atoms with van der Waals surface area (Å²) in [6.07, 6.45) is 6.76. The molecule has 4 rings (SSSR count). The van der Waals surface area contributed by atoms with Crippen LogP contribution in [0.5, 0.6) is 0 Å². The summed E-state index contributed by atoms with van der Waals surface area (Å²) in [4.78, 5) is 39.5. The van der Waals surface area contributed by atoms with Crippen LogP contribution in [-0.2, 0) is 11.3 Å². The van der Waals surface area contributed by atoms with Gasteiger partial charge in [0.15, 0.2) is 5.69 Å². The second kappa shape index (κ2) is 7.13. The third-order valence-electron chi connectivity index (χ3n) is 5.95. The number of carbonyl (C=O) groups is 2. The van der Waals surface area contributed by atoms with Crippen molar-refractivity contribution in [2.24, 2.45) is 11.7 Å². The fraction of sp³-hybridized carbons (Fsp3) is 0.500. The Kier molecular flexibility index (Phi) is 4.68. The van der Waals surface area contributed by atoms with E-state index in [4.69, 9.17) is 5.73 Å². The molecule has 142 valence electrons. The fourth-order valence-corrected chi connectivity index (χ4v) is 4.68. The predicted octanol–water partition coefficient (Wildman–Crippen LogP) is 1.68. The van der Waals surface area contributed by atoms with Gasteiger partial charge in [-0.2, -0.15) is 5.10 Å². The standard InChI is InChI=1S/C20H24N4O3/c21-19(26)18-14-8-2-3-9-15(14)20(27)24(22-18)12-17(25)23-11-5-7-13-6-1-4-10-16(13)23/h2-3,8-9,13,16H,1,4-7,10-12H2,(H2,21,26)/t13-,16+/m1/s1. The number of hydrogen-bond acceptors (Lipinski definition) is 4. The zero-order valence-corrected chi connectivity index (χ0v) is 15.3. The van der Waals surface area contributed by atoms with Crippen molar-refractivity contribution in [3.05, 3.63) is 40.3 Å². The molecule has 1 saturated heterocycles. The molecule has 2 amide bonds. The summed E-state index contributed by atoms with van der Waals surface area (Å²) in [5, 5.41) is 4.89. The zero-order valence-electron chi connectivity index (χ0n) is 15.3. The van der Waals surface area contributed by atoms with Crippen molar-refractivity contribution in [3.63, 3.8) is 0 Å². The molecule has 7 nitrogen and oxygen atoms in total. The van der Waals surface area contributed by atoms with Crippen LogP contribution in [0.3, 0.4) is 0 Å². The number of rotatable bonds is 3. The molecule has 2 aliphatic rings. The third kappa shape index (κ3) is 3.22. The van der Waals surface area contributed by atoms with Gasteiger partial charge < -0.3 is 10.6 Å². The predicted molar refractivity (Wildman–Crippen MR) is 101 cm³/mol. The first-order valence-corrected chi connectivity index (χ1v) is 9.65. The van der Waals surface area contributed by atoms with Crippen molar-refractivity contribution in [2.45, 2.75) is 51.1 Å². The van der Waals surface area contributed by atoms with Gasteiger partial charge in [0.2, 0.25) is 5.91 Å². The highest BCUT2D eigenvalue weighted by molar-refractivity contribution is 6.04. The topological polar surface area (TPSA) is 98.3 Å². The van der Waals surface area contributed by atoms with Crippen LogP contribution in [0.25, 0.3) is 10.8 Å². The molecular formula is C20H24N4O3. The Morgan fingerprint density at radius 3 is 2.56 bits per heavy atom. The van der Waals surface area contributed by atoms with Gasteiger partial charge in [0.25, 0.3) is 11.5 Å². The summed E-state index contributed by atoms with van der Waals surface area (Å²) >= 11 is 0. The molecule has 0 bridgehead atoms. The van der Waals surface area contributed by atoms with Gasteiger partial charge in [0, 0.05) is 18.0 Å². The number of piperidine rings is 1. The van der Waals surface area contributed by atoms with Gasteiger partial charge in [-0.3, -0.25) is 14.4 Å². The Balaban J connectivity index is 1.67. The average molecular weight is 368 g/mol. The molecule has 1 aromatic heterocycles. The second-order valence-corrected chi connectivity index (χ2v) is 7.56. The molecule has 1 saturated carbocycles. The van der Waals surface area contributed by atoms with Crippen molar-refractivity contribution >= 4 is 22.6 Å². The smallest absolute Gasteiger partial charge is 0.275 e. The summed E-state index contributed by atoms with van der Waals surface area (Å²) in [6.45, 7) is 0.568. The number of hydrogen-bond donors (Lipinski definition) is 1. The maximum absolute atomic E-state index is 13.0. The third-order valence-corrected chi connectivity index (χ3v) is 5.95. The number of amides is 2. The molecule has 0 unspecified atom stereocenters. The molecule has 2 aromatic rings. The van der Waals surface area contributed by atoms with Crippen LogP contribution >= 0.6 is 0 Å². The molecule has 0 spiro atoms. The van der Waals surface area contributed by atoms with Crippen LogP contribution in [0.15, 0.2) is 29.1 Å². The summed E-state index contributed by atoms with van der Waals surface area (Å²) < 4.78 is 1.09. The molecule has 1 aromatic carbocycles. The fourth-order valence-electron chi connectivity index (χ4n) is 4.68. The molecule has 1 aliphatic carbocycles. The Bertz CT molecular complexity index is 950. The maximum Gasteiger partial charge on any atom is 0.275 e. The van der Waals surface area contributed by atoms with Crippen LogP contribution < -0.4 is 11.3 Å². The van der Waals surface area contributed by atoms with Gasteiger partial charge in [-0.25, -0.2) is 4.68 Å². The van der Waals surface area contributed by atoms with Crippen LogP contribution in [0, 0.1) is 5.92 Å². The van der Waals surface area contributed by atoms with Gasteiger partial charge in [-0.1, -0.05) is 31.0 Å². The molecule has 27 heavy (non-hydrogen) atoms. The summed E-state index contributed by atoms with van der Waals surface area (Å²) in [6, 6.07) is 6.99. The van der Waals surface area contributed by atoms with Crippen LogP contribution in [0.1, 0.15) is 49.0 Å². The molecule has 2 N–H and O–H groups in total. The zero-order chi connectivity index (χ0) is 19.0. The van der Waals surface area contributed by atoms with E-state index >= 15 is 0 Å². The number of likely N-dealkylation sites (tertiary alicyclic amines) is 1. The van der Waals surface area contributed by atoms with E-state index in [0.29, 0.717) is 16.7 Å². The van der Waals surface area contributed by atoms with Gasteiger partial charge >= 0.3 is 0 Å².